The fourth-order valence-electron chi connectivity index (χ4n) is 4.34. The van der Waals surface area contributed by atoms with Gasteiger partial charge in [-0.3, -0.25) is 4.79 Å². The third-order valence-corrected chi connectivity index (χ3v) is 6.06. The molecule has 2 aromatic rings. The first kappa shape index (κ1) is 24.5. The summed E-state index contributed by atoms with van der Waals surface area (Å²) in [6, 6.07) is 10.4. The van der Waals surface area contributed by atoms with Crippen molar-refractivity contribution in [2.45, 2.75) is 45.1 Å². The lowest BCUT2D eigenvalue weighted by molar-refractivity contribution is -0.137. The second-order valence-corrected chi connectivity index (χ2v) is 8.28. The van der Waals surface area contributed by atoms with Crippen LogP contribution in [-0.4, -0.2) is 55.6 Å². The molecule has 2 heterocycles. The van der Waals surface area contributed by atoms with Gasteiger partial charge in [-0.1, -0.05) is 6.07 Å². The number of nitriles is 1. The summed E-state index contributed by atoms with van der Waals surface area (Å²) < 4.78 is 10.9. The van der Waals surface area contributed by atoms with Crippen LogP contribution in [0, 0.1) is 18.3 Å². The van der Waals surface area contributed by atoms with Crippen LogP contribution < -0.4 is 10.2 Å². The van der Waals surface area contributed by atoms with E-state index in [1.807, 2.05) is 25.1 Å². The van der Waals surface area contributed by atoms with Gasteiger partial charge in [0, 0.05) is 45.0 Å². The van der Waals surface area contributed by atoms with Crippen LogP contribution in [0.1, 0.15) is 48.8 Å². The molecule has 0 spiro atoms. The number of nitrogens with one attached hydrogen (secondary N) is 1. The van der Waals surface area contributed by atoms with E-state index >= 15 is 0 Å². The Bertz CT molecular complexity index is 998. The Kier molecular flexibility index (Phi) is 8.64. The van der Waals surface area contributed by atoms with E-state index in [2.05, 4.69) is 34.3 Å². The van der Waals surface area contributed by atoms with Crippen molar-refractivity contribution in [1.82, 2.24) is 4.98 Å². The Labute approximate surface area is 195 Å². The van der Waals surface area contributed by atoms with Crippen LogP contribution in [0.25, 0.3) is 0 Å². The third-order valence-electron chi connectivity index (χ3n) is 6.06. The van der Waals surface area contributed by atoms with Crippen LogP contribution in [0.3, 0.4) is 0 Å². The number of methoxy groups -OCH3 is 1. The van der Waals surface area contributed by atoms with E-state index in [1.165, 1.54) is 0 Å². The molecule has 0 aliphatic carbocycles. The second kappa shape index (κ2) is 11.6. The summed E-state index contributed by atoms with van der Waals surface area (Å²) in [6.45, 7) is 6.64. The minimum atomic E-state index is -0.864. The Balaban J connectivity index is 2.02. The number of carboxylic acid groups (broad SMARTS) is 1. The number of benzene rings is 1. The summed E-state index contributed by atoms with van der Waals surface area (Å²) in [5, 5.41) is 22.0. The highest BCUT2D eigenvalue weighted by atomic mass is 16.5. The van der Waals surface area contributed by atoms with Gasteiger partial charge in [-0.15, -0.1) is 0 Å². The smallest absolute Gasteiger partial charge is 0.304 e. The van der Waals surface area contributed by atoms with Gasteiger partial charge in [-0.05, 0) is 56.0 Å². The molecule has 1 saturated heterocycles. The van der Waals surface area contributed by atoms with Crippen molar-refractivity contribution in [3.8, 4) is 6.07 Å². The summed E-state index contributed by atoms with van der Waals surface area (Å²) >= 11 is 0. The third kappa shape index (κ3) is 6.21. The first-order chi connectivity index (χ1) is 16.0. The number of aryl methyl sites for hydroxylation is 1. The first-order valence-corrected chi connectivity index (χ1v) is 11.3. The summed E-state index contributed by atoms with van der Waals surface area (Å²) in [7, 11) is 1.58. The molecule has 1 aliphatic rings. The number of carbonyl (C=O) groups is 1. The molecule has 0 bridgehead atoms. The molecule has 0 radical (unpaired) electrons. The molecule has 33 heavy (non-hydrogen) atoms. The molecule has 8 nitrogen and oxygen atoms in total. The topological polar surface area (TPSA) is 108 Å². The SMILES string of the molecule is CCN(c1ccc(C(COC)CC(=O)O)cc1Nc1cc(C)c(C#N)cn1)C1CCOCC1. The fourth-order valence-corrected chi connectivity index (χ4v) is 4.34. The van der Waals surface area contributed by atoms with E-state index in [-0.39, 0.29) is 12.3 Å². The van der Waals surface area contributed by atoms with Gasteiger partial charge in [0.25, 0.3) is 0 Å². The maximum atomic E-state index is 11.4. The van der Waals surface area contributed by atoms with Crippen LogP contribution in [-0.2, 0) is 14.3 Å². The lowest BCUT2D eigenvalue weighted by Crippen LogP contribution is -2.39. The van der Waals surface area contributed by atoms with E-state index in [4.69, 9.17) is 9.47 Å². The number of carboxylic acids is 1. The zero-order valence-electron chi connectivity index (χ0n) is 19.5. The van der Waals surface area contributed by atoms with Gasteiger partial charge in [-0.25, -0.2) is 4.98 Å². The van der Waals surface area contributed by atoms with Crippen molar-refractivity contribution in [2.75, 3.05) is 43.7 Å². The van der Waals surface area contributed by atoms with Crippen LogP contribution in [0.5, 0.6) is 0 Å². The van der Waals surface area contributed by atoms with Crippen LogP contribution in [0.4, 0.5) is 17.2 Å². The minimum absolute atomic E-state index is 0.0156. The number of pyridine rings is 1. The summed E-state index contributed by atoms with van der Waals surface area (Å²) in [5.41, 5.74) is 4.15. The van der Waals surface area contributed by atoms with Gasteiger partial charge < -0.3 is 24.8 Å². The molecule has 1 aromatic heterocycles. The Morgan fingerprint density at radius 2 is 2.15 bits per heavy atom. The molecule has 3 rings (SSSR count). The summed E-state index contributed by atoms with van der Waals surface area (Å²) in [6.07, 6.45) is 3.46. The number of nitrogens with zero attached hydrogens (tertiary/aromatic N) is 3. The van der Waals surface area contributed by atoms with E-state index < -0.39 is 5.97 Å². The van der Waals surface area contributed by atoms with Crippen molar-refractivity contribution in [1.29, 1.82) is 5.26 Å². The van der Waals surface area contributed by atoms with E-state index in [9.17, 15) is 15.2 Å². The largest absolute Gasteiger partial charge is 0.481 e. The molecule has 2 N–H and O–H groups in total. The van der Waals surface area contributed by atoms with Crippen molar-refractivity contribution < 1.29 is 19.4 Å². The van der Waals surface area contributed by atoms with E-state index in [0.717, 1.165) is 55.1 Å². The maximum absolute atomic E-state index is 11.4. The van der Waals surface area contributed by atoms with Crippen LogP contribution >= 0.6 is 0 Å². The van der Waals surface area contributed by atoms with Crippen molar-refractivity contribution in [2.24, 2.45) is 0 Å². The van der Waals surface area contributed by atoms with Crippen molar-refractivity contribution in [3.63, 3.8) is 0 Å². The Morgan fingerprint density at radius 1 is 1.39 bits per heavy atom. The second-order valence-electron chi connectivity index (χ2n) is 8.28. The summed E-state index contributed by atoms with van der Waals surface area (Å²) in [4.78, 5) is 18.2. The number of hydrogen-bond donors (Lipinski definition) is 2. The molecule has 1 fully saturated rings. The molecule has 176 valence electrons. The van der Waals surface area contributed by atoms with Gasteiger partial charge in [0.1, 0.15) is 11.9 Å². The average molecular weight is 453 g/mol. The lowest BCUT2D eigenvalue weighted by atomic mass is 9.95. The number of anilines is 3. The lowest BCUT2D eigenvalue weighted by Gasteiger charge is -2.36. The molecule has 0 amide bonds. The number of aliphatic carboxylic acids is 1. The molecule has 1 aromatic carbocycles. The number of rotatable bonds is 10. The zero-order chi connectivity index (χ0) is 23.8. The molecule has 1 unspecified atom stereocenters. The van der Waals surface area contributed by atoms with Gasteiger partial charge in [0.05, 0.1) is 30.0 Å². The number of ether oxygens (including phenoxy) is 2. The quantitative estimate of drug-likeness (QED) is 0.552. The van der Waals surface area contributed by atoms with Gasteiger partial charge >= 0.3 is 5.97 Å². The number of hydrogen-bond acceptors (Lipinski definition) is 7. The molecule has 1 atom stereocenters. The standard InChI is InChI=1S/C25H32N4O4/c1-4-29(21-7-9-33-10-8-21)23-6-5-18(19(16-32-3)13-25(30)31)12-22(23)28-24-11-17(2)20(14-26)15-27-24/h5-6,11-12,15,19,21H,4,7-10,13,16H2,1-3H3,(H,27,28)(H,30,31). The monoisotopic (exact) mass is 452 g/mol. The van der Waals surface area contributed by atoms with Crippen molar-refractivity contribution >= 4 is 23.2 Å². The molecular weight excluding hydrogens is 420 g/mol. The molecule has 0 saturated carbocycles. The first-order valence-electron chi connectivity index (χ1n) is 11.3. The molecule has 8 heteroatoms. The highest BCUT2D eigenvalue weighted by molar-refractivity contribution is 5.76. The maximum Gasteiger partial charge on any atom is 0.304 e. The normalized spacial score (nSPS) is 15.0. The number of aromatic nitrogens is 1. The van der Waals surface area contributed by atoms with Crippen LogP contribution in [0.15, 0.2) is 30.5 Å². The average Bonchev–Trinajstić information content (AvgIpc) is 2.81. The van der Waals surface area contributed by atoms with Crippen molar-refractivity contribution in [3.05, 3.63) is 47.2 Å². The van der Waals surface area contributed by atoms with Gasteiger partial charge in [0.2, 0.25) is 0 Å². The highest BCUT2D eigenvalue weighted by Crippen LogP contribution is 2.35. The van der Waals surface area contributed by atoms with Gasteiger partial charge in [-0.2, -0.15) is 5.26 Å². The Hall–Kier alpha value is -3.15. The highest BCUT2D eigenvalue weighted by Gasteiger charge is 2.24. The predicted octanol–water partition coefficient (Wildman–Crippen LogP) is 4.22. The Morgan fingerprint density at radius 3 is 2.76 bits per heavy atom. The van der Waals surface area contributed by atoms with E-state index in [0.29, 0.717) is 24.0 Å². The summed E-state index contributed by atoms with van der Waals surface area (Å²) in [5.74, 6) is -0.497. The predicted molar refractivity (Wildman–Crippen MR) is 127 cm³/mol. The van der Waals surface area contributed by atoms with Gasteiger partial charge in [0.15, 0.2) is 0 Å². The molecular formula is C25H32N4O4. The minimum Gasteiger partial charge on any atom is -0.481 e. The van der Waals surface area contributed by atoms with Crippen LogP contribution in [0.2, 0.25) is 0 Å². The zero-order valence-corrected chi connectivity index (χ0v) is 19.5. The fraction of sp³-hybridized carbons (Fsp3) is 0.480. The van der Waals surface area contributed by atoms with E-state index in [1.54, 1.807) is 13.3 Å². The molecule has 1 aliphatic heterocycles.